The molecule has 7 nitrogen and oxygen atoms in total. The van der Waals surface area contributed by atoms with Gasteiger partial charge in [0.15, 0.2) is 5.17 Å². The largest absolute Gasteiger partial charge is 0.494 e. The molecule has 36 heavy (non-hydrogen) atoms. The molecule has 0 aliphatic carbocycles. The lowest BCUT2D eigenvalue weighted by atomic mass is 10.0. The average molecular weight is 503 g/mol. The first kappa shape index (κ1) is 24.3. The summed E-state index contributed by atoms with van der Waals surface area (Å²) in [6.45, 7) is 10.2. The van der Waals surface area contributed by atoms with Gasteiger partial charge < -0.3 is 14.4 Å². The maximum Gasteiger partial charge on any atom is 0.286 e. The summed E-state index contributed by atoms with van der Waals surface area (Å²) >= 11 is 1.42. The summed E-state index contributed by atoms with van der Waals surface area (Å²) in [6.07, 6.45) is 4.07. The van der Waals surface area contributed by atoms with E-state index >= 15 is 0 Å². The lowest BCUT2D eigenvalue weighted by molar-refractivity contribution is -0.113. The number of aromatic nitrogens is 2. The zero-order chi connectivity index (χ0) is 25.2. The van der Waals surface area contributed by atoms with Gasteiger partial charge in [0.2, 0.25) is 0 Å². The van der Waals surface area contributed by atoms with Crippen molar-refractivity contribution in [3.05, 3.63) is 70.8 Å². The molecule has 5 rings (SSSR count). The smallest absolute Gasteiger partial charge is 0.286 e. The van der Waals surface area contributed by atoms with Gasteiger partial charge in [0.1, 0.15) is 11.4 Å². The minimum Gasteiger partial charge on any atom is -0.494 e. The molecule has 186 valence electrons. The van der Waals surface area contributed by atoms with Crippen LogP contribution in [0.1, 0.15) is 31.9 Å². The Morgan fingerprint density at radius 1 is 1.14 bits per heavy atom. The molecular formula is C28H30N4O3S. The van der Waals surface area contributed by atoms with Crippen LogP contribution in [-0.2, 0) is 9.53 Å². The third kappa shape index (κ3) is 5.10. The molecule has 8 heteroatoms. The van der Waals surface area contributed by atoms with E-state index in [4.69, 9.17) is 14.6 Å². The van der Waals surface area contributed by atoms with Crippen molar-refractivity contribution in [2.24, 2.45) is 4.99 Å². The SMILES string of the molecule is CCOc1ccc(-c2nn(-c3ccccc3)cc2/C=C2\SC(N3CC(C)OC(C)C3)=NC2=O)c(C)c1. The first-order valence-corrected chi connectivity index (χ1v) is 13.0. The van der Waals surface area contributed by atoms with Gasteiger partial charge in [-0.05, 0) is 81.4 Å². The van der Waals surface area contributed by atoms with Gasteiger partial charge in [0.05, 0.1) is 29.4 Å². The van der Waals surface area contributed by atoms with Gasteiger partial charge in [-0.25, -0.2) is 4.68 Å². The fourth-order valence-electron chi connectivity index (χ4n) is 4.58. The summed E-state index contributed by atoms with van der Waals surface area (Å²) in [5.41, 5.74) is 4.67. The van der Waals surface area contributed by atoms with Crippen molar-refractivity contribution in [2.45, 2.75) is 39.9 Å². The number of morpholine rings is 1. The van der Waals surface area contributed by atoms with Crippen LogP contribution in [0.15, 0.2) is 64.6 Å². The van der Waals surface area contributed by atoms with E-state index in [9.17, 15) is 4.79 Å². The number of carbonyl (C=O) groups is 1. The number of thioether (sulfide) groups is 1. The molecule has 1 amide bonds. The molecule has 0 N–H and O–H groups in total. The van der Waals surface area contributed by atoms with Crippen LogP contribution in [0.4, 0.5) is 0 Å². The molecule has 2 unspecified atom stereocenters. The highest BCUT2D eigenvalue weighted by atomic mass is 32.2. The standard InChI is InChI=1S/C28H30N4O3S/c1-5-34-23-11-12-24(18(2)13-23)26-21(17-32(30-26)22-9-7-6-8-10-22)14-25-27(33)29-28(36-25)31-15-19(3)35-20(4)16-31/h6-14,17,19-20H,5,15-16H2,1-4H3/b25-14-. The molecule has 3 aromatic rings. The van der Waals surface area contributed by atoms with Crippen molar-refractivity contribution in [3.8, 4) is 22.7 Å². The number of carbonyl (C=O) groups excluding carboxylic acids is 1. The van der Waals surface area contributed by atoms with E-state index in [1.807, 2.05) is 93.2 Å². The predicted octanol–water partition coefficient (Wildman–Crippen LogP) is 5.33. The summed E-state index contributed by atoms with van der Waals surface area (Å²) < 4.78 is 13.4. The molecule has 1 fully saturated rings. The lowest BCUT2D eigenvalue weighted by Gasteiger charge is -2.35. The van der Waals surface area contributed by atoms with Gasteiger partial charge in [-0.1, -0.05) is 18.2 Å². The predicted molar refractivity (Wildman–Crippen MR) is 144 cm³/mol. The Morgan fingerprint density at radius 3 is 2.58 bits per heavy atom. The van der Waals surface area contributed by atoms with Gasteiger partial charge in [-0.3, -0.25) is 4.79 Å². The van der Waals surface area contributed by atoms with Crippen molar-refractivity contribution in [1.82, 2.24) is 14.7 Å². The van der Waals surface area contributed by atoms with Crippen LogP contribution in [-0.4, -0.2) is 57.7 Å². The van der Waals surface area contributed by atoms with Gasteiger partial charge >= 0.3 is 0 Å². The van der Waals surface area contributed by atoms with E-state index in [-0.39, 0.29) is 18.1 Å². The monoisotopic (exact) mass is 502 g/mol. The second-order valence-electron chi connectivity index (χ2n) is 9.10. The zero-order valence-electron chi connectivity index (χ0n) is 21.0. The minimum absolute atomic E-state index is 0.0959. The number of hydrogen-bond acceptors (Lipinski definition) is 6. The minimum atomic E-state index is -0.219. The average Bonchev–Trinajstić information content (AvgIpc) is 3.43. The molecule has 2 aromatic carbocycles. The molecule has 3 heterocycles. The highest BCUT2D eigenvalue weighted by Crippen LogP contribution is 2.35. The second-order valence-corrected chi connectivity index (χ2v) is 10.1. The fourth-order valence-corrected chi connectivity index (χ4v) is 5.50. The molecule has 2 atom stereocenters. The quantitative estimate of drug-likeness (QED) is 0.440. The summed E-state index contributed by atoms with van der Waals surface area (Å²) in [6, 6.07) is 16.0. The summed E-state index contributed by atoms with van der Waals surface area (Å²) in [5.74, 6) is 0.610. The number of ether oxygens (including phenoxy) is 2. The second kappa shape index (κ2) is 10.3. The molecular weight excluding hydrogens is 472 g/mol. The topological polar surface area (TPSA) is 68.9 Å². The third-order valence-electron chi connectivity index (χ3n) is 6.11. The Morgan fingerprint density at radius 2 is 1.89 bits per heavy atom. The van der Waals surface area contributed by atoms with E-state index in [1.54, 1.807) is 0 Å². The third-order valence-corrected chi connectivity index (χ3v) is 7.16. The maximum atomic E-state index is 12.9. The number of aryl methyl sites for hydroxylation is 1. The normalized spacial score (nSPS) is 21.2. The number of aliphatic imine (C=N–C) groups is 1. The highest BCUT2D eigenvalue weighted by molar-refractivity contribution is 8.18. The van der Waals surface area contributed by atoms with Crippen molar-refractivity contribution >= 4 is 28.9 Å². The van der Waals surface area contributed by atoms with Crippen LogP contribution in [0.2, 0.25) is 0 Å². The zero-order valence-corrected chi connectivity index (χ0v) is 21.8. The molecule has 2 aliphatic rings. The number of benzene rings is 2. The van der Waals surface area contributed by atoms with Crippen molar-refractivity contribution in [3.63, 3.8) is 0 Å². The Kier molecular flexibility index (Phi) is 6.98. The number of para-hydroxylation sites is 1. The van der Waals surface area contributed by atoms with Crippen molar-refractivity contribution in [2.75, 3.05) is 19.7 Å². The van der Waals surface area contributed by atoms with Gasteiger partial charge in [-0.2, -0.15) is 10.1 Å². The van der Waals surface area contributed by atoms with Crippen LogP contribution in [0, 0.1) is 6.92 Å². The molecule has 1 aromatic heterocycles. The van der Waals surface area contributed by atoms with Crippen LogP contribution < -0.4 is 4.74 Å². The Hall–Kier alpha value is -3.36. The van der Waals surface area contributed by atoms with E-state index in [2.05, 4.69) is 9.89 Å². The van der Waals surface area contributed by atoms with E-state index in [0.717, 1.165) is 52.1 Å². The number of rotatable bonds is 5. The van der Waals surface area contributed by atoms with Crippen LogP contribution in [0.5, 0.6) is 5.75 Å². The summed E-state index contributed by atoms with van der Waals surface area (Å²) in [4.78, 5) is 20.0. The van der Waals surface area contributed by atoms with Gasteiger partial charge in [-0.15, -0.1) is 0 Å². The van der Waals surface area contributed by atoms with Crippen LogP contribution in [0.25, 0.3) is 23.0 Å². The van der Waals surface area contributed by atoms with E-state index < -0.39 is 0 Å². The summed E-state index contributed by atoms with van der Waals surface area (Å²) in [7, 11) is 0. The molecule has 0 radical (unpaired) electrons. The number of hydrogen-bond donors (Lipinski definition) is 0. The molecule has 2 aliphatic heterocycles. The maximum absolute atomic E-state index is 12.9. The Labute approximate surface area is 215 Å². The molecule has 1 saturated heterocycles. The van der Waals surface area contributed by atoms with E-state index in [1.165, 1.54) is 11.8 Å². The molecule has 0 spiro atoms. The highest BCUT2D eigenvalue weighted by Gasteiger charge is 2.31. The van der Waals surface area contributed by atoms with Gasteiger partial charge in [0.25, 0.3) is 5.91 Å². The van der Waals surface area contributed by atoms with Crippen molar-refractivity contribution < 1.29 is 14.3 Å². The molecule has 0 saturated carbocycles. The first-order valence-electron chi connectivity index (χ1n) is 12.2. The van der Waals surface area contributed by atoms with Gasteiger partial charge in [0, 0.05) is 30.4 Å². The lowest BCUT2D eigenvalue weighted by Crippen LogP contribution is -2.47. The summed E-state index contributed by atoms with van der Waals surface area (Å²) in [5, 5.41) is 5.67. The van der Waals surface area contributed by atoms with Crippen molar-refractivity contribution in [1.29, 1.82) is 0 Å². The molecule has 0 bridgehead atoms. The number of amides is 1. The van der Waals surface area contributed by atoms with E-state index in [0.29, 0.717) is 11.5 Å². The number of amidine groups is 1. The Balaban J connectivity index is 1.51. The Bertz CT molecular complexity index is 1320. The number of nitrogens with zero attached hydrogens (tertiary/aromatic N) is 4. The fraction of sp³-hybridized carbons (Fsp3) is 0.321. The van der Waals surface area contributed by atoms with Crippen LogP contribution in [0.3, 0.4) is 0 Å². The first-order chi connectivity index (χ1) is 17.4. The van der Waals surface area contributed by atoms with Crippen LogP contribution >= 0.6 is 11.8 Å².